The molecular weight excluding hydrogens is 256 g/mol. The van der Waals surface area contributed by atoms with Crippen LogP contribution >= 0.6 is 0 Å². The van der Waals surface area contributed by atoms with Gasteiger partial charge in [0.25, 0.3) is 0 Å². The van der Waals surface area contributed by atoms with Crippen LogP contribution in [0.3, 0.4) is 0 Å². The summed E-state index contributed by atoms with van der Waals surface area (Å²) in [5, 5.41) is 36.0. The third-order valence-electron chi connectivity index (χ3n) is 3.10. The van der Waals surface area contributed by atoms with E-state index >= 15 is 0 Å². The fourth-order valence-corrected chi connectivity index (χ4v) is 2.11. The lowest BCUT2D eigenvalue weighted by atomic mass is 9.99. The topological polar surface area (TPSA) is 136 Å². The third kappa shape index (κ3) is 1.75. The van der Waals surface area contributed by atoms with Gasteiger partial charge in [-0.2, -0.15) is 4.99 Å². The highest BCUT2D eigenvalue weighted by molar-refractivity contribution is 6.84. The van der Waals surface area contributed by atoms with Crippen molar-refractivity contribution in [3.63, 3.8) is 0 Å². The second kappa shape index (κ2) is 4.38. The summed E-state index contributed by atoms with van der Waals surface area (Å²) in [7, 11) is 0. The number of amides is 1. The van der Waals surface area contributed by atoms with Gasteiger partial charge in [0.1, 0.15) is 42.2 Å². The molecule has 19 heavy (non-hydrogen) atoms. The van der Waals surface area contributed by atoms with Crippen LogP contribution in [0.15, 0.2) is 20.2 Å². The van der Waals surface area contributed by atoms with E-state index in [1.165, 1.54) is 0 Å². The number of nitrogens with zero attached hydrogens (tertiary/aromatic N) is 4. The molecule has 3 aliphatic rings. The predicted octanol–water partition coefficient (Wildman–Crippen LogP) is -2.71. The molecule has 9 heteroatoms. The summed E-state index contributed by atoms with van der Waals surface area (Å²) < 4.78 is 5.31. The largest absolute Gasteiger partial charge is 0.394 e. The molecule has 0 aromatic carbocycles. The van der Waals surface area contributed by atoms with Gasteiger partial charge in [-0.15, -0.1) is 10.2 Å². The van der Waals surface area contributed by atoms with Gasteiger partial charge in [-0.1, -0.05) is 0 Å². The first kappa shape index (κ1) is 12.2. The third-order valence-corrected chi connectivity index (χ3v) is 3.10. The van der Waals surface area contributed by atoms with Crippen LogP contribution in [-0.4, -0.2) is 75.7 Å². The standard InChI is InChI=1S/C10H10N4O5/c15-1-3-7(16)8(17)9(19-3)5-4-6(14-13-5)10(18)12-2-11-4/h2-3,7-9,15-17H,1H2/t3-,7-,8-,9+/m1/s1. The van der Waals surface area contributed by atoms with E-state index in [0.29, 0.717) is 0 Å². The minimum absolute atomic E-state index is 0.0183. The van der Waals surface area contributed by atoms with E-state index in [0.717, 1.165) is 6.34 Å². The van der Waals surface area contributed by atoms with Crippen molar-refractivity contribution in [3.05, 3.63) is 0 Å². The van der Waals surface area contributed by atoms with E-state index in [1.807, 2.05) is 0 Å². The molecule has 3 heterocycles. The van der Waals surface area contributed by atoms with Crippen molar-refractivity contribution in [1.82, 2.24) is 0 Å². The van der Waals surface area contributed by atoms with E-state index in [9.17, 15) is 15.0 Å². The van der Waals surface area contributed by atoms with Gasteiger partial charge in [0.05, 0.1) is 6.61 Å². The molecule has 0 spiro atoms. The molecule has 3 N–H and O–H groups in total. The van der Waals surface area contributed by atoms with Gasteiger partial charge >= 0.3 is 5.91 Å². The fraction of sp³-hybridized carbons (Fsp3) is 0.500. The minimum atomic E-state index is -1.28. The van der Waals surface area contributed by atoms with Gasteiger partial charge in [-0.3, -0.25) is 4.79 Å². The van der Waals surface area contributed by atoms with Crippen LogP contribution < -0.4 is 0 Å². The molecule has 9 nitrogen and oxygen atoms in total. The summed E-state index contributed by atoms with van der Waals surface area (Å²) >= 11 is 0. The Bertz CT molecular complexity index is 552. The quantitative estimate of drug-likeness (QED) is 0.499. The first-order valence-corrected chi connectivity index (χ1v) is 5.57. The Balaban J connectivity index is 1.88. The molecule has 100 valence electrons. The summed E-state index contributed by atoms with van der Waals surface area (Å²) in [4.78, 5) is 18.8. The number of carbonyl (C=O) groups is 1. The molecule has 1 amide bonds. The lowest BCUT2D eigenvalue weighted by Crippen LogP contribution is -2.42. The number of aliphatic hydroxyl groups excluding tert-OH is 3. The van der Waals surface area contributed by atoms with Gasteiger partial charge in [0.15, 0.2) is 5.71 Å². The zero-order valence-corrected chi connectivity index (χ0v) is 9.54. The molecule has 0 radical (unpaired) electrons. The zero-order chi connectivity index (χ0) is 13.6. The molecule has 0 unspecified atom stereocenters. The molecule has 3 rings (SSSR count). The maximum absolute atomic E-state index is 11.4. The molecule has 4 atom stereocenters. The first-order chi connectivity index (χ1) is 9.13. The molecule has 0 aromatic heterocycles. The van der Waals surface area contributed by atoms with E-state index in [4.69, 9.17) is 9.84 Å². The summed E-state index contributed by atoms with van der Waals surface area (Å²) in [5.74, 6) is -0.574. The number of carbonyl (C=O) groups excluding carboxylic acids is 1. The van der Waals surface area contributed by atoms with Gasteiger partial charge in [0, 0.05) is 0 Å². The Hall–Kier alpha value is -1.81. The molecule has 3 aliphatic heterocycles. The van der Waals surface area contributed by atoms with Crippen LogP contribution in [0, 0.1) is 0 Å². The van der Waals surface area contributed by atoms with Crippen LogP contribution in [-0.2, 0) is 9.53 Å². The van der Waals surface area contributed by atoms with Gasteiger partial charge in [-0.25, -0.2) is 4.99 Å². The average molecular weight is 266 g/mol. The lowest BCUT2D eigenvalue weighted by molar-refractivity contribution is -0.111. The highest BCUT2D eigenvalue weighted by atomic mass is 16.6. The number of aliphatic imine (C=N–C) groups is 2. The SMILES string of the molecule is O=C1N=CN=C2C1=NN=C2[C@@H]1O[C@H](CO)[C@@H](O)[C@H]1O. The first-order valence-electron chi connectivity index (χ1n) is 5.57. The maximum atomic E-state index is 11.4. The number of hydrogen-bond acceptors (Lipinski definition) is 8. The maximum Gasteiger partial charge on any atom is 0.301 e. The summed E-state index contributed by atoms with van der Waals surface area (Å²) in [6.45, 7) is -0.442. The Morgan fingerprint density at radius 2 is 2.00 bits per heavy atom. The van der Waals surface area contributed by atoms with E-state index in [2.05, 4.69) is 20.2 Å². The van der Waals surface area contributed by atoms with Gasteiger partial charge in [-0.05, 0) is 0 Å². The van der Waals surface area contributed by atoms with Crippen molar-refractivity contribution in [2.24, 2.45) is 20.2 Å². The zero-order valence-electron chi connectivity index (χ0n) is 9.54. The second-order valence-corrected chi connectivity index (χ2v) is 4.22. The van der Waals surface area contributed by atoms with Crippen LogP contribution in [0.25, 0.3) is 0 Å². The molecular formula is C10H10N4O5. The molecule has 0 aliphatic carbocycles. The van der Waals surface area contributed by atoms with Crippen molar-refractivity contribution in [2.45, 2.75) is 24.4 Å². The smallest absolute Gasteiger partial charge is 0.301 e. The van der Waals surface area contributed by atoms with Crippen LogP contribution in [0.4, 0.5) is 0 Å². The van der Waals surface area contributed by atoms with Crippen molar-refractivity contribution < 1.29 is 24.9 Å². The average Bonchev–Trinajstić information content (AvgIpc) is 2.94. The van der Waals surface area contributed by atoms with Gasteiger partial charge in [0.2, 0.25) is 0 Å². The molecule has 0 aromatic rings. The fourth-order valence-electron chi connectivity index (χ4n) is 2.11. The number of rotatable bonds is 2. The lowest BCUT2D eigenvalue weighted by Gasteiger charge is -2.15. The number of ether oxygens (including phenoxy) is 1. The predicted molar refractivity (Wildman–Crippen MR) is 63.6 cm³/mol. The molecule has 0 saturated carbocycles. The Labute approximate surface area is 106 Å². The van der Waals surface area contributed by atoms with Crippen molar-refractivity contribution in [3.8, 4) is 0 Å². The summed E-state index contributed by atoms with van der Waals surface area (Å²) in [6, 6.07) is 0. The van der Waals surface area contributed by atoms with E-state index < -0.39 is 36.9 Å². The molecule has 0 bridgehead atoms. The number of aliphatic hydroxyl groups is 3. The highest BCUT2D eigenvalue weighted by Crippen LogP contribution is 2.25. The van der Waals surface area contributed by atoms with Crippen molar-refractivity contribution in [2.75, 3.05) is 6.61 Å². The van der Waals surface area contributed by atoms with Crippen LogP contribution in [0.2, 0.25) is 0 Å². The van der Waals surface area contributed by atoms with Crippen molar-refractivity contribution >= 4 is 29.4 Å². The van der Waals surface area contributed by atoms with Crippen LogP contribution in [0.1, 0.15) is 0 Å². The summed E-state index contributed by atoms with van der Waals surface area (Å²) in [6.07, 6.45) is -3.36. The van der Waals surface area contributed by atoms with E-state index in [1.54, 1.807) is 0 Å². The van der Waals surface area contributed by atoms with Crippen molar-refractivity contribution in [1.29, 1.82) is 0 Å². The Morgan fingerprint density at radius 3 is 2.68 bits per heavy atom. The Morgan fingerprint density at radius 1 is 1.21 bits per heavy atom. The summed E-state index contributed by atoms with van der Waals surface area (Å²) in [5.41, 5.74) is 0.307. The number of fused-ring (bicyclic) bond motifs is 1. The molecule has 1 saturated heterocycles. The Kier molecular flexibility index (Phi) is 2.82. The second-order valence-electron chi connectivity index (χ2n) is 4.22. The minimum Gasteiger partial charge on any atom is -0.394 e. The highest BCUT2D eigenvalue weighted by Gasteiger charge is 2.48. The van der Waals surface area contributed by atoms with Crippen LogP contribution in [0.5, 0.6) is 0 Å². The monoisotopic (exact) mass is 266 g/mol. The normalized spacial score (nSPS) is 37.0. The number of hydrogen-bond donors (Lipinski definition) is 3. The molecule has 1 fully saturated rings. The van der Waals surface area contributed by atoms with Gasteiger partial charge < -0.3 is 20.1 Å². The van der Waals surface area contributed by atoms with E-state index in [-0.39, 0.29) is 17.1 Å².